The molecule has 0 aliphatic carbocycles. The van der Waals surface area contributed by atoms with Crippen molar-refractivity contribution >= 4 is 44.3 Å². The molecule has 0 bridgehead atoms. The van der Waals surface area contributed by atoms with Crippen LogP contribution < -0.4 is 10.9 Å². The molecule has 0 aliphatic rings. The van der Waals surface area contributed by atoms with E-state index >= 15 is 0 Å². The van der Waals surface area contributed by atoms with Crippen LogP contribution in [0.5, 0.6) is 0 Å². The summed E-state index contributed by atoms with van der Waals surface area (Å²) in [6.07, 6.45) is 0.654. The first-order valence-corrected chi connectivity index (χ1v) is 9.62. The van der Waals surface area contributed by atoms with Crippen LogP contribution in [0.1, 0.15) is 23.8 Å². The Morgan fingerprint density at radius 3 is 2.62 bits per heavy atom. The predicted molar refractivity (Wildman–Crippen MR) is 109 cm³/mol. The zero-order valence-electron chi connectivity index (χ0n) is 15.4. The molecule has 2 aromatic carbocycles. The first-order valence-electron chi connectivity index (χ1n) is 8.82. The second-order valence-electron chi connectivity index (χ2n) is 6.17. The van der Waals surface area contributed by atoms with Crippen molar-refractivity contribution < 1.29 is 18.7 Å². The largest absolute Gasteiger partial charge is 0.451 e. The number of anilines is 1. The van der Waals surface area contributed by atoms with Gasteiger partial charge in [0.15, 0.2) is 12.3 Å². The highest BCUT2D eigenvalue weighted by molar-refractivity contribution is 9.10. The predicted octanol–water partition coefficient (Wildman–Crippen LogP) is 3.50. The van der Waals surface area contributed by atoms with Gasteiger partial charge in [0.25, 0.3) is 11.5 Å². The van der Waals surface area contributed by atoms with Gasteiger partial charge in [-0.2, -0.15) is 5.10 Å². The number of esters is 1. The van der Waals surface area contributed by atoms with Crippen LogP contribution in [0.4, 0.5) is 10.1 Å². The Balaban J connectivity index is 1.78. The summed E-state index contributed by atoms with van der Waals surface area (Å²) in [7, 11) is 0. The van der Waals surface area contributed by atoms with Crippen LogP contribution in [0.2, 0.25) is 0 Å². The van der Waals surface area contributed by atoms with Crippen molar-refractivity contribution in [3.05, 3.63) is 68.8 Å². The van der Waals surface area contributed by atoms with Crippen LogP contribution in [-0.4, -0.2) is 28.3 Å². The topological polar surface area (TPSA) is 90.3 Å². The zero-order chi connectivity index (χ0) is 21.0. The van der Waals surface area contributed by atoms with Crippen LogP contribution in [0.3, 0.4) is 0 Å². The highest BCUT2D eigenvalue weighted by Crippen LogP contribution is 2.19. The molecule has 1 N–H and O–H groups in total. The molecule has 0 atom stereocenters. The number of aryl methyl sites for hydroxylation is 1. The number of hydrogen-bond acceptors (Lipinski definition) is 5. The Morgan fingerprint density at radius 2 is 1.93 bits per heavy atom. The van der Waals surface area contributed by atoms with Gasteiger partial charge in [0, 0.05) is 16.4 Å². The van der Waals surface area contributed by atoms with Crippen molar-refractivity contribution in [3.8, 4) is 0 Å². The fraction of sp³-hybridized carbons (Fsp3) is 0.200. The molecule has 9 heteroatoms. The molecule has 0 aliphatic heterocycles. The van der Waals surface area contributed by atoms with Crippen molar-refractivity contribution in [2.24, 2.45) is 0 Å². The first-order chi connectivity index (χ1) is 13.9. The van der Waals surface area contributed by atoms with E-state index in [1.165, 1.54) is 16.8 Å². The molecule has 7 nitrogen and oxygen atoms in total. The van der Waals surface area contributed by atoms with Gasteiger partial charge in [0.05, 0.1) is 11.1 Å². The molecule has 1 heterocycles. The molecule has 0 saturated heterocycles. The fourth-order valence-corrected chi connectivity index (χ4v) is 3.06. The summed E-state index contributed by atoms with van der Waals surface area (Å²) in [5.74, 6) is -2.18. The molecule has 1 aromatic heterocycles. The van der Waals surface area contributed by atoms with E-state index in [4.69, 9.17) is 4.74 Å². The summed E-state index contributed by atoms with van der Waals surface area (Å²) >= 11 is 3.13. The lowest BCUT2D eigenvalue weighted by Crippen LogP contribution is -2.27. The molecule has 0 radical (unpaired) electrons. The number of hydrogen-bond donors (Lipinski definition) is 1. The summed E-state index contributed by atoms with van der Waals surface area (Å²) < 4.78 is 20.6. The van der Waals surface area contributed by atoms with E-state index in [0.717, 1.165) is 0 Å². The van der Waals surface area contributed by atoms with Gasteiger partial charge in [0.2, 0.25) is 0 Å². The standard InChI is InChI=1S/C20H17BrFN3O4/c1-2-9-25-19(27)14-6-4-3-5-13(14)18(24-25)20(28)29-11-17(26)23-16-8-7-12(21)10-15(16)22/h3-8,10H,2,9,11H2,1H3,(H,23,26). The minimum absolute atomic E-state index is 0.0330. The highest BCUT2D eigenvalue weighted by atomic mass is 79.9. The molecule has 0 saturated carbocycles. The number of rotatable bonds is 6. The number of aromatic nitrogens is 2. The smallest absolute Gasteiger partial charge is 0.359 e. The number of halogens is 2. The fourth-order valence-electron chi connectivity index (χ4n) is 2.73. The second-order valence-corrected chi connectivity index (χ2v) is 7.09. The van der Waals surface area contributed by atoms with Gasteiger partial charge in [-0.15, -0.1) is 0 Å². The van der Waals surface area contributed by atoms with Gasteiger partial charge in [-0.3, -0.25) is 9.59 Å². The Hall–Kier alpha value is -3.07. The number of nitrogens with one attached hydrogen (secondary N) is 1. The van der Waals surface area contributed by atoms with E-state index in [-0.39, 0.29) is 16.9 Å². The van der Waals surface area contributed by atoms with E-state index in [2.05, 4.69) is 26.3 Å². The number of amides is 1. The molecule has 3 rings (SSSR count). The number of benzene rings is 2. The van der Waals surface area contributed by atoms with Crippen molar-refractivity contribution in [1.82, 2.24) is 9.78 Å². The van der Waals surface area contributed by atoms with Crippen molar-refractivity contribution in [3.63, 3.8) is 0 Å². The van der Waals surface area contributed by atoms with E-state index in [9.17, 15) is 18.8 Å². The van der Waals surface area contributed by atoms with Gasteiger partial charge in [-0.05, 0) is 30.7 Å². The minimum atomic E-state index is -0.850. The minimum Gasteiger partial charge on any atom is -0.451 e. The normalized spacial score (nSPS) is 10.7. The van der Waals surface area contributed by atoms with E-state index in [1.807, 2.05) is 6.92 Å². The lowest BCUT2D eigenvalue weighted by molar-refractivity contribution is -0.119. The van der Waals surface area contributed by atoms with Crippen LogP contribution in [0.15, 0.2) is 51.7 Å². The van der Waals surface area contributed by atoms with Crippen LogP contribution in [-0.2, 0) is 16.1 Å². The number of carbonyl (C=O) groups is 2. The number of carbonyl (C=O) groups excluding carboxylic acids is 2. The van der Waals surface area contributed by atoms with E-state index in [0.29, 0.717) is 28.2 Å². The summed E-state index contributed by atoms with van der Waals surface area (Å²) in [5, 5.41) is 7.12. The maximum absolute atomic E-state index is 13.8. The molecular formula is C20H17BrFN3O4. The van der Waals surface area contributed by atoms with Gasteiger partial charge in [0.1, 0.15) is 5.82 Å². The van der Waals surface area contributed by atoms with Crippen molar-refractivity contribution in [2.45, 2.75) is 19.9 Å². The number of ether oxygens (including phenoxy) is 1. The van der Waals surface area contributed by atoms with Gasteiger partial charge in [-0.1, -0.05) is 41.1 Å². The Labute approximate surface area is 173 Å². The van der Waals surface area contributed by atoms with E-state index in [1.54, 1.807) is 30.3 Å². The third-order valence-electron chi connectivity index (χ3n) is 4.04. The molecule has 0 fully saturated rings. The summed E-state index contributed by atoms with van der Waals surface area (Å²) in [5.41, 5.74) is -0.395. The van der Waals surface area contributed by atoms with Crippen molar-refractivity contribution in [1.29, 1.82) is 0 Å². The molecule has 0 spiro atoms. The second kappa shape index (κ2) is 8.95. The Bertz CT molecular complexity index is 1150. The van der Waals surface area contributed by atoms with Gasteiger partial charge < -0.3 is 10.1 Å². The van der Waals surface area contributed by atoms with Crippen LogP contribution >= 0.6 is 15.9 Å². The lowest BCUT2D eigenvalue weighted by atomic mass is 10.1. The van der Waals surface area contributed by atoms with Gasteiger partial charge >= 0.3 is 5.97 Å². The lowest BCUT2D eigenvalue weighted by Gasteiger charge is -2.11. The number of nitrogens with zero attached hydrogens (tertiary/aromatic N) is 2. The molecular weight excluding hydrogens is 445 g/mol. The molecule has 3 aromatic rings. The van der Waals surface area contributed by atoms with Crippen molar-refractivity contribution in [2.75, 3.05) is 11.9 Å². The Morgan fingerprint density at radius 1 is 1.21 bits per heavy atom. The molecule has 0 unspecified atom stereocenters. The third-order valence-corrected chi connectivity index (χ3v) is 4.53. The maximum atomic E-state index is 13.8. The maximum Gasteiger partial charge on any atom is 0.359 e. The van der Waals surface area contributed by atoms with Gasteiger partial charge in [-0.25, -0.2) is 13.9 Å². The monoisotopic (exact) mass is 461 g/mol. The average Bonchev–Trinajstić information content (AvgIpc) is 2.70. The highest BCUT2D eigenvalue weighted by Gasteiger charge is 2.19. The molecule has 1 amide bonds. The quantitative estimate of drug-likeness (QED) is 0.567. The van der Waals surface area contributed by atoms with Crippen LogP contribution in [0, 0.1) is 5.82 Å². The average molecular weight is 462 g/mol. The Kier molecular flexibility index (Phi) is 6.38. The van der Waals surface area contributed by atoms with Crippen LogP contribution in [0.25, 0.3) is 10.8 Å². The third kappa shape index (κ3) is 4.68. The first kappa shape index (κ1) is 20.7. The molecule has 29 heavy (non-hydrogen) atoms. The molecule has 150 valence electrons. The number of fused-ring (bicyclic) bond motifs is 1. The van der Waals surface area contributed by atoms with E-state index < -0.39 is 24.3 Å². The summed E-state index contributed by atoms with van der Waals surface area (Å²) in [6, 6.07) is 10.7. The SMILES string of the molecule is CCCn1nc(C(=O)OCC(=O)Nc2ccc(Br)cc2F)c2ccccc2c1=O. The summed E-state index contributed by atoms with van der Waals surface area (Å²) in [6.45, 7) is 1.59. The zero-order valence-corrected chi connectivity index (χ0v) is 17.0. The summed E-state index contributed by atoms with van der Waals surface area (Å²) in [4.78, 5) is 37.0.